The van der Waals surface area contributed by atoms with Gasteiger partial charge in [0.15, 0.2) is 0 Å². The molecule has 1 fully saturated rings. The molecule has 0 aliphatic carbocycles. The number of nitrogens with one attached hydrogen (secondary N) is 2. The topological polar surface area (TPSA) is 77.2 Å². The maximum Gasteiger partial charge on any atom is 0.221 e. The Morgan fingerprint density at radius 3 is 2.60 bits per heavy atom. The molecule has 0 aromatic carbocycles. The van der Waals surface area contributed by atoms with Crippen LogP contribution in [0, 0.1) is 0 Å². The van der Waals surface area contributed by atoms with Crippen molar-refractivity contribution in [3.8, 4) is 0 Å². The molecule has 0 radical (unpaired) electrons. The summed E-state index contributed by atoms with van der Waals surface area (Å²) in [4.78, 5) is 20.4. The zero-order valence-corrected chi connectivity index (χ0v) is 12.5. The summed E-state index contributed by atoms with van der Waals surface area (Å²) < 4.78 is 0. The summed E-state index contributed by atoms with van der Waals surface area (Å²) in [5, 5.41) is 9.74. The maximum absolute atomic E-state index is 11.8. The van der Waals surface area contributed by atoms with Crippen molar-refractivity contribution in [3.05, 3.63) is 6.33 Å². The molecule has 20 heavy (non-hydrogen) atoms. The SMILES string of the molecule is CC(C)(C)NC(=O)CCN1CCN(c2ncn[nH]2)CC1. The average molecular weight is 280 g/mol. The molecule has 1 aromatic heterocycles. The third-order valence-electron chi connectivity index (χ3n) is 3.24. The van der Waals surface area contributed by atoms with Crippen LogP contribution >= 0.6 is 0 Å². The Labute approximate surface area is 119 Å². The first-order chi connectivity index (χ1) is 9.44. The highest BCUT2D eigenvalue weighted by molar-refractivity contribution is 5.76. The van der Waals surface area contributed by atoms with Gasteiger partial charge in [-0.05, 0) is 20.8 Å². The Morgan fingerprint density at radius 1 is 1.35 bits per heavy atom. The van der Waals surface area contributed by atoms with Gasteiger partial charge in [0.2, 0.25) is 11.9 Å². The molecule has 1 aliphatic rings. The minimum absolute atomic E-state index is 0.121. The van der Waals surface area contributed by atoms with E-state index in [1.165, 1.54) is 6.33 Å². The summed E-state index contributed by atoms with van der Waals surface area (Å²) in [5.41, 5.74) is -0.151. The second-order valence-corrected chi connectivity index (χ2v) is 6.19. The van der Waals surface area contributed by atoms with Crippen LogP contribution in [0.2, 0.25) is 0 Å². The lowest BCUT2D eigenvalue weighted by molar-refractivity contribution is -0.122. The fourth-order valence-corrected chi connectivity index (χ4v) is 2.28. The van der Waals surface area contributed by atoms with Gasteiger partial charge in [-0.2, -0.15) is 10.1 Å². The number of carbonyl (C=O) groups excluding carboxylic acids is 1. The molecule has 0 atom stereocenters. The molecule has 1 aromatic rings. The molecule has 1 aliphatic heterocycles. The molecule has 0 unspecified atom stereocenters. The maximum atomic E-state index is 11.8. The van der Waals surface area contributed by atoms with Gasteiger partial charge in [0.1, 0.15) is 6.33 Å². The van der Waals surface area contributed by atoms with E-state index < -0.39 is 0 Å². The van der Waals surface area contributed by atoms with Gasteiger partial charge in [-0.25, -0.2) is 5.10 Å². The summed E-state index contributed by atoms with van der Waals surface area (Å²) in [5.74, 6) is 0.949. The van der Waals surface area contributed by atoms with Crippen molar-refractivity contribution >= 4 is 11.9 Å². The Kier molecular flexibility index (Phi) is 4.59. The number of rotatable bonds is 4. The highest BCUT2D eigenvalue weighted by Gasteiger charge is 2.20. The number of piperazine rings is 1. The monoisotopic (exact) mass is 280 g/mol. The van der Waals surface area contributed by atoms with Crippen LogP contribution in [-0.4, -0.2) is 64.3 Å². The van der Waals surface area contributed by atoms with Crippen molar-refractivity contribution in [2.24, 2.45) is 0 Å². The van der Waals surface area contributed by atoms with E-state index in [0.717, 1.165) is 38.7 Å². The van der Waals surface area contributed by atoms with Gasteiger partial charge in [0.05, 0.1) is 0 Å². The fraction of sp³-hybridized carbons (Fsp3) is 0.769. The van der Waals surface area contributed by atoms with E-state index >= 15 is 0 Å². The van der Waals surface area contributed by atoms with Crippen LogP contribution < -0.4 is 10.2 Å². The van der Waals surface area contributed by atoms with Crippen molar-refractivity contribution in [1.29, 1.82) is 0 Å². The normalized spacial score (nSPS) is 17.2. The summed E-state index contributed by atoms with van der Waals surface area (Å²) in [6.45, 7) is 10.5. The van der Waals surface area contributed by atoms with Gasteiger partial charge < -0.3 is 10.2 Å². The highest BCUT2D eigenvalue weighted by atomic mass is 16.1. The molecular formula is C13H24N6O. The van der Waals surface area contributed by atoms with Crippen LogP contribution in [0.4, 0.5) is 5.95 Å². The first-order valence-electron chi connectivity index (χ1n) is 7.08. The highest BCUT2D eigenvalue weighted by Crippen LogP contribution is 2.09. The second-order valence-electron chi connectivity index (χ2n) is 6.19. The summed E-state index contributed by atoms with van der Waals surface area (Å²) in [6, 6.07) is 0. The van der Waals surface area contributed by atoms with E-state index in [1.54, 1.807) is 0 Å². The van der Waals surface area contributed by atoms with Gasteiger partial charge in [-0.15, -0.1) is 0 Å². The van der Waals surface area contributed by atoms with Crippen LogP contribution in [0.15, 0.2) is 6.33 Å². The minimum atomic E-state index is -0.151. The molecule has 0 saturated carbocycles. The number of aromatic nitrogens is 3. The quantitative estimate of drug-likeness (QED) is 0.825. The van der Waals surface area contributed by atoms with Crippen LogP contribution in [-0.2, 0) is 4.79 Å². The molecule has 0 spiro atoms. The van der Waals surface area contributed by atoms with E-state index in [0.29, 0.717) is 6.42 Å². The first kappa shape index (κ1) is 14.8. The fourth-order valence-electron chi connectivity index (χ4n) is 2.28. The summed E-state index contributed by atoms with van der Waals surface area (Å²) >= 11 is 0. The van der Waals surface area contributed by atoms with Gasteiger partial charge >= 0.3 is 0 Å². The van der Waals surface area contributed by atoms with Crippen molar-refractivity contribution in [2.45, 2.75) is 32.7 Å². The first-order valence-corrected chi connectivity index (χ1v) is 7.08. The van der Waals surface area contributed by atoms with Gasteiger partial charge in [-0.1, -0.05) is 0 Å². The number of aromatic amines is 1. The van der Waals surface area contributed by atoms with E-state index in [9.17, 15) is 4.79 Å². The van der Waals surface area contributed by atoms with E-state index in [1.807, 2.05) is 20.8 Å². The third-order valence-corrected chi connectivity index (χ3v) is 3.24. The zero-order chi connectivity index (χ0) is 14.6. The predicted octanol–water partition coefficient (Wildman–Crippen LogP) is 0.232. The molecule has 2 N–H and O–H groups in total. The number of hydrogen-bond acceptors (Lipinski definition) is 5. The lowest BCUT2D eigenvalue weighted by atomic mass is 10.1. The Bertz CT molecular complexity index is 417. The Hall–Kier alpha value is -1.63. The van der Waals surface area contributed by atoms with Gasteiger partial charge in [0, 0.05) is 44.7 Å². The van der Waals surface area contributed by atoms with Crippen LogP contribution in [0.5, 0.6) is 0 Å². The molecule has 2 rings (SSSR count). The number of hydrogen-bond donors (Lipinski definition) is 2. The summed E-state index contributed by atoms with van der Waals surface area (Å²) in [7, 11) is 0. The van der Waals surface area contributed by atoms with E-state index in [2.05, 4.69) is 30.3 Å². The second kappa shape index (κ2) is 6.21. The smallest absolute Gasteiger partial charge is 0.221 e. The van der Waals surface area contributed by atoms with E-state index in [-0.39, 0.29) is 11.4 Å². The van der Waals surface area contributed by atoms with Crippen LogP contribution in [0.1, 0.15) is 27.2 Å². The lowest BCUT2D eigenvalue weighted by Crippen LogP contribution is -2.48. The molecule has 7 heteroatoms. The molecular weight excluding hydrogens is 256 g/mol. The van der Waals surface area contributed by atoms with Crippen LogP contribution in [0.3, 0.4) is 0 Å². The molecule has 112 valence electrons. The predicted molar refractivity (Wildman–Crippen MR) is 77.5 cm³/mol. The number of nitrogens with zero attached hydrogens (tertiary/aromatic N) is 4. The van der Waals surface area contributed by atoms with Gasteiger partial charge in [0.25, 0.3) is 0 Å². The van der Waals surface area contributed by atoms with Crippen LogP contribution in [0.25, 0.3) is 0 Å². The average Bonchev–Trinajstić information content (AvgIpc) is 2.89. The van der Waals surface area contributed by atoms with Crippen molar-refractivity contribution in [1.82, 2.24) is 25.4 Å². The number of H-pyrrole nitrogens is 1. The molecule has 2 heterocycles. The summed E-state index contributed by atoms with van der Waals surface area (Å²) in [6.07, 6.45) is 2.08. The molecule has 0 bridgehead atoms. The molecule has 1 amide bonds. The zero-order valence-electron chi connectivity index (χ0n) is 12.5. The standard InChI is InChI=1S/C13H24N6O/c1-13(2,3)16-11(20)4-5-18-6-8-19(9-7-18)12-14-10-15-17-12/h10H,4-9H2,1-3H3,(H,16,20)(H,14,15,17). The number of carbonyl (C=O) groups is 1. The largest absolute Gasteiger partial charge is 0.351 e. The number of amides is 1. The Morgan fingerprint density at radius 2 is 2.05 bits per heavy atom. The Balaban J connectivity index is 1.68. The lowest BCUT2D eigenvalue weighted by Gasteiger charge is -2.34. The van der Waals surface area contributed by atoms with Gasteiger partial charge in [-0.3, -0.25) is 9.69 Å². The van der Waals surface area contributed by atoms with E-state index in [4.69, 9.17) is 0 Å². The van der Waals surface area contributed by atoms with Crippen molar-refractivity contribution in [2.75, 3.05) is 37.6 Å². The minimum Gasteiger partial charge on any atom is -0.351 e. The molecule has 1 saturated heterocycles. The molecule has 7 nitrogen and oxygen atoms in total. The number of anilines is 1. The van der Waals surface area contributed by atoms with Crippen molar-refractivity contribution < 1.29 is 4.79 Å². The third kappa shape index (κ3) is 4.48. The van der Waals surface area contributed by atoms with Crippen molar-refractivity contribution in [3.63, 3.8) is 0 Å².